The topological polar surface area (TPSA) is 66.9 Å². The Labute approximate surface area is 110 Å². The van der Waals surface area contributed by atoms with Crippen LogP contribution in [0.4, 0.5) is 11.5 Å². The van der Waals surface area contributed by atoms with Gasteiger partial charge in [-0.1, -0.05) is 12.2 Å². The molecule has 94 valence electrons. The van der Waals surface area contributed by atoms with Crippen LogP contribution in [0.1, 0.15) is 15.9 Å². The van der Waals surface area contributed by atoms with Gasteiger partial charge in [0.05, 0.1) is 0 Å². The van der Waals surface area contributed by atoms with Gasteiger partial charge in [0.25, 0.3) is 5.91 Å². The van der Waals surface area contributed by atoms with Crippen LogP contribution < -0.4 is 10.6 Å². The number of anilines is 2. The first-order chi connectivity index (χ1) is 9.33. The van der Waals surface area contributed by atoms with Crippen LogP contribution >= 0.6 is 0 Å². The highest BCUT2D eigenvalue weighted by atomic mass is 16.1. The Morgan fingerprint density at radius 3 is 3.11 bits per heavy atom. The van der Waals surface area contributed by atoms with E-state index < -0.39 is 0 Å². The van der Waals surface area contributed by atoms with Crippen LogP contribution in [0.5, 0.6) is 0 Å². The minimum absolute atomic E-state index is 0.180. The van der Waals surface area contributed by atoms with E-state index in [0.29, 0.717) is 11.4 Å². The second-order valence-electron chi connectivity index (χ2n) is 4.13. The first kappa shape index (κ1) is 11.4. The molecule has 0 spiro atoms. The summed E-state index contributed by atoms with van der Waals surface area (Å²) in [6, 6.07) is 7.21. The van der Waals surface area contributed by atoms with Gasteiger partial charge in [-0.15, -0.1) is 0 Å². The third kappa shape index (κ3) is 2.44. The van der Waals surface area contributed by atoms with E-state index >= 15 is 0 Å². The van der Waals surface area contributed by atoms with Crippen molar-refractivity contribution < 1.29 is 4.79 Å². The van der Waals surface area contributed by atoms with Crippen LogP contribution in [0.25, 0.3) is 6.08 Å². The van der Waals surface area contributed by atoms with E-state index in [4.69, 9.17) is 0 Å². The Hall–Kier alpha value is -2.69. The minimum atomic E-state index is -0.180. The Bertz CT molecular complexity index is 637. The molecular formula is C14H12N4O. The van der Waals surface area contributed by atoms with Gasteiger partial charge in [-0.2, -0.15) is 0 Å². The summed E-state index contributed by atoms with van der Waals surface area (Å²) in [5.41, 5.74) is 2.66. The number of nitrogens with one attached hydrogen (secondary N) is 2. The van der Waals surface area contributed by atoms with Crippen molar-refractivity contribution in [3.05, 3.63) is 54.0 Å². The lowest BCUT2D eigenvalue weighted by molar-refractivity contribution is 0.102. The van der Waals surface area contributed by atoms with Crippen LogP contribution in [0.3, 0.4) is 0 Å². The van der Waals surface area contributed by atoms with Crippen LogP contribution in [0, 0.1) is 0 Å². The van der Waals surface area contributed by atoms with Crippen molar-refractivity contribution in [2.75, 3.05) is 17.2 Å². The van der Waals surface area contributed by atoms with Gasteiger partial charge in [-0.25, -0.2) is 9.97 Å². The van der Waals surface area contributed by atoms with Crippen molar-refractivity contribution in [2.45, 2.75) is 0 Å². The molecule has 0 bridgehead atoms. The number of hydrogen-bond acceptors (Lipinski definition) is 4. The highest BCUT2D eigenvalue weighted by Crippen LogP contribution is 2.22. The lowest BCUT2D eigenvalue weighted by Gasteiger charge is -2.13. The van der Waals surface area contributed by atoms with Crippen molar-refractivity contribution in [1.29, 1.82) is 0 Å². The Morgan fingerprint density at radius 1 is 1.32 bits per heavy atom. The summed E-state index contributed by atoms with van der Waals surface area (Å²) in [4.78, 5) is 19.8. The summed E-state index contributed by atoms with van der Waals surface area (Å²) >= 11 is 0. The fraction of sp³-hybridized carbons (Fsp3) is 0.0714. The molecule has 0 saturated carbocycles. The van der Waals surface area contributed by atoms with E-state index in [1.807, 2.05) is 24.3 Å². The van der Waals surface area contributed by atoms with E-state index in [1.165, 1.54) is 6.33 Å². The third-order valence-electron chi connectivity index (χ3n) is 2.85. The maximum absolute atomic E-state index is 12.1. The van der Waals surface area contributed by atoms with Crippen molar-refractivity contribution in [1.82, 2.24) is 9.97 Å². The smallest absolute Gasteiger partial charge is 0.256 e. The maximum atomic E-state index is 12.1. The molecule has 19 heavy (non-hydrogen) atoms. The predicted octanol–water partition coefficient (Wildman–Crippen LogP) is 2.17. The van der Waals surface area contributed by atoms with Crippen LogP contribution in [-0.2, 0) is 0 Å². The normalized spacial score (nSPS) is 12.4. The van der Waals surface area contributed by atoms with Gasteiger partial charge in [-0.3, -0.25) is 4.79 Å². The zero-order valence-corrected chi connectivity index (χ0v) is 10.1. The molecule has 0 atom stereocenters. The zero-order chi connectivity index (χ0) is 13.1. The molecule has 2 heterocycles. The van der Waals surface area contributed by atoms with Crippen molar-refractivity contribution >= 4 is 23.5 Å². The molecule has 2 aromatic rings. The first-order valence-corrected chi connectivity index (χ1v) is 5.95. The average Bonchev–Trinajstić information content (AvgIpc) is 2.48. The van der Waals surface area contributed by atoms with Crippen molar-refractivity contribution in [3.8, 4) is 0 Å². The van der Waals surface area contributed by atoms with Crippen LogP contribution in [0.15, 0.2) is 42.9 Å². The number of rotatable bonds is 2. The first-order valence-electron chi connectivity index (χ1n) is 5.95. The fourth-order valence-electron chi connectivity index (χ4n) is 1.91. The standard InChI is InChI=1S/C14H12N4O/c19-14(18-13-5-7-15-9-17-13)11-3-4-12-10(8-11)2-1-6-16-12/h1-5,7-9,16H,6H2,(H,15,17,18,19). The molecule has 1 amide bonds. The summed E-state index contributed by atoms with van der Waals surface area (Å²) in [7, 11) is 0. The van der Waals surface area contributed by atoms with Gasteiger partial charge in [0.2, 0.25) is 0 Å². The summed E-state index contributed by atoms with van der Waals surface area (Å²) < 4.78 is 0. The second-order valence-corrected chi connectivity index (χ2v) is 4.13. The molecule has 2 N–H and O–H groups in total. The lowest BCUT2D eigenvalue weighted by atomic mass is 10.1. The fourth-order valence-corrected chi connectivity index (χ4v) is 1.91. The predicted molar refractivity (Wildman–Crippen MR) is 74.0 cm³/mol. The molecule has 0 radical (unpaired) electrons. The van der Waals surface area contributed by atoms with Gasteiger partial charge in [0.15, 0.2) is 0 Å². The molecule has 0 saturated heterocycles. The largest absolute Gasteiger partial charge is 0.381 e. The second kappa shape index (κ2) is 4.89. The molecule has 0 fully saturated rings. The van der Waals surface area contributed by atoms with E-state index in [9.17, 15) is 4.79 Å². The van der Waals surface area contributed by atoms with E-state index in [-0.39, 0.29) is 5.91 Å². The molecule has 1 aromatic heterocycles. The molecule has 5 nitrogen and oxygen atoms in total. The van der Waals surface area contributed by atoms with Crippen molar-refractivity contribution in [3.63, 3.8) is 0 Å². The SMILES string of the molecule is O=C(Nc1ccncn1)c1ccc2c(c1)C=CCN2. The number of aromatic nitrogens is 2. The summed E-state index contributed by atoms with van der Waals surface area (Å²) in [6.07, 6.45) is 7.01. The van der Waals surface area contributed by atoms with Gasteiger partial charge in [-0.05, 0) is 29.8 Å². The van der Waals surface area contributed by atoms with Crippen LogP contribution in [-0.4, -0.2) is 22.4 Å². The molecule has 0 aliphatic carbocycles. The highest BCUT2D eigenvalue weighted by molar-refractivity contribution is 6.04. The number of hydrogen-bond donors (Lipinski definition) is 2. The molecule has 0 unspecified atom stereocenters. The molecule has 1 aliphatic rings. The van der Waals surface area contributed by atoms with Crippen LogP contribution in [0.2, 0.25) is 0 Å². The van der Waals surface area contributed by atoms with Crippen molar-refractivity contribution in [2.24, 2.45) is 0 Å². The lowest BCUT2D eigenvalue weighted by Crippen LogP contribution is -2.14. The minimum Gasteiger partial charge on any atom is -0.381 e. The number of benzene rings is 1. The Kier molecular flexibility index (Phi) is 2.94. The number of fused-ring (bicyclic) bond motifs is 1. The number of nitrogens with zero attached hydrogens (tertiary/aromatic N) is 2. The highest BCUT2D eigenvalue weighted by Gasteiger charge is 2.10. The van der Waals surface area contributed by atoms with E-state index in [2.05, 4.69) is 20.6 Å². The maximum Gasteiger partial charge on any atom is 0.256 e. The molecule has 1 aromatic carbocycles. The Morgan fingerprint density at radius 2 is 2.26 bits per heavy atom. The molecular weight excluding hydrogens is 240 g/mol. The average molecular weight is 252 g/mol. The summed E-state index contributed by atoms with van der Waals surface area (Å²) in [5.74, 6) is 0.312. The molecule has 3 rings (SSSR count). The van der Waals surface area contributed by atoms with E-state index in [1.54, 1.807) is 18.3 Å². The Balaban J connectivity index is 1.83. The summed E-state index contributed by atoms with van der Waals surface area (Å²) in [5, 5.41) is 5.97. The van der Waals surface area contributed by atoms with Gasteiger partial charge < -0.3 is 10.6 Å². The van der Waals surface area contributed by atoms with Gasteiger partial charge in [0, 0.05) is 24.0 Å². The quantitative estimate of drug-likeness (QED) is 0.859. The third-order valence-corrected chi connectivity index (χ3v) is 2.85. The zero-order valence-electron chi connectivity index (χ0n) is 10.1. The van der Waals surface area contributed by atoms with E-state index in [0.717, 1.165) is 17.8 Å². The molecule has 1 aliphatic heterocycles. The number of carbonyl (C=O) groups excluding carboxylic acids is 1. The monoisotopic (exact) mass is 252 g/mol. The summed E-state index contributed by atoms with van der Waals surface area (Å²) in [6.45, 7) is 0.819. The number of amides is 1. The van der Waals surface area contributed by atoms with Gasteiger partial charge >= 0.3 is 0 Å². The van der Waals surface area contributed by atoms with Gasteiger partial charge in [0.1, 0.15) is 12.1 Å². The molecule has 5 heteroatoms. The number of carbonyl (C=O) groups is 1.